The highest BCUT2D eigenvalue weighted by Crippen LogP contribution is 2.33. The first kappa shape index (κ1) is 26.9. The number of carbonyl (C=O) groups excluding carboxylic acids is 2. The van der Waals surface area contributed by atoms with E-state index in [0.717, 1.165) is 48.8 Å². The lowest BCUT2D eigenvalue weighted by Gasteiger charge is -2.27. The quantitative estimate of drug-likeness (QED) is 0.147. The lowest BCUT2D eigenvalue weighted by Crippen LogP contribution is -2.23. The molecular formula is C30H32FNO4S. The highest BCUT2D eigenvalue weighted by molar-refractivity contribution is 7.98. The maximum Gasteiger partial charge on any atom is 0.309 e. The first-order valence-electron chi connectivity index (χ1n) is 12.7. The lowest BCUT2D eigenvalue weighted by atomic mass is 9.79. The van der Waals surface area contributed by atoms with Crippen LogP contribution in [-0.2, 0) is 16.1 Å². The topological polar surface area (TPSA) is 65.5 Å². The molecule has 194 valence electrons. The van der Waals surface area contributed by atoms with E-state index in [4.69, 9.17) is 9.47 Å². The van der Waals surface area contributed by atoms with E-state index in [9.17, 15) is 14.0 Å². The summed E-state index contributed by atoms with van der Waals surface area (Å²) in [6.45, 7) is 0.311. The molecule has 1 aliphatic rings. The van der Waals surface area contributed by atoms with Crippen LogP contribution in [0.4, 0.5) is 4.39 Å². The summed E-state index contributed by atoms with van der Waals surface area (Å²) >= 11 is 1.58. The lowest BCUT2D eigenvalue weighted by molar-refractivity contribution is -0.151. The Labute approximate surface area is 221 Å². The molecule has 0 N–H and O–H groups in total. The number of ketones is 1. The highest BCUT2D eigenvalue weighted by Gasteiger charge is 2.27. The van der Waals surface area contributed by atoms with Crippen molar-refractivity contribution in [2.75, 3.05) is 6.26 Å². The summed E-state index contributed by atoms with van der Waals surface area (Å²) in [6.07, 6.45) is 8.44. The number of hydrogen-bond donors (Lipinski definition) is 0. The van der Waals surface area contributed by atoms with Crippen molar-refractivity contribution in [1.82, 2.24) is 4.98 Å². The number of hydrogen-bond acceptors (Lipinski definition) is 6. The molecule has 2 aromatic carbocycles. The smallest absolute Gasteiger partial charge is 0.309 e. The van der Waals surface area contributed by atoms with Gasteiger partial charge in [0, 0.05) is 11.3 Å². The Morgan fingerprint density at radius 1 is 1.03 bits per heavy atom. The van der Waals surface area contributed by atoms with Crippen molar-refractivity contribution in [2.45, 2.75) is 56.4 Å². The first-order valence-corrected chi connectivity index (χ1v) is 14.0. The van der Waals surface area contributed by atoms with Crippen molar-refractivity contribution in [3.05, 3.63) is 83.8 Å². The summed E-state index contributed by atoms with van der Waals surface area (Å²) in [6, 6.07) is 18.4. The third kappa shape index (κ3) is 7.89. The van der Waals surface area contributed by atoms with Crippen LogP contribution in [0.1, 0.15) is 60.9 Å². The summed E-state index contributed by atoms with van der Waals surface area (Å²) in [5, 5.41) is 0. The van der Waals surface area contributed by atoms with Crippen LogP contribution in [0.15, 0.2) is 71.8 Å². The molecule has 5 nitrogen and oxygen atoms in total. The van der Waals surface area contributed by atoms with Gasteiger partial charge in [0.05, 0.1) is 17.7 Å². The average molecular weight is 522 g/mol. The van der Waals surface area contributed by atoms with E-state index in [2.05, 4.69) is 4.98 Å². The number of nitrogens with zero attached hydrogens (tertiary/aromatic N) is 1. The fraction of sp³-hybridized carbons (Fsp3) is 0.367. The summed E-state index contributed by atoms with van der Waals surface area (Å²) < 4.78 is 25.3. The molecular weight excluding hydrogens is 489 g/mol. The monoisotopic (exact) mass is 521 g/mol. The Balaban J connectivity index is 1.23. The normalized spacial score (nSPS) is 17.2. The van der Waals surface area contributed by atoms with Crippen molar-refractivity contribution < 1.29 is 23.5 Å². The van der Waals surface area contributed by atoms with Gasteiger partial charge < -0.3 is 9.47 Å². The Hall–Kier alpha value is -3.19. The molecule has 0 unspecified atom stereocenters. The minimum atomic E-state index is -0.564. The maximum absolute atomic E-state index is 13.9. The van der Waals surface area contributed by atoms with E-state index in [1.165, 1.54) is 6.07 Å². The Kier molecular flexibility index (Phi) is 9.71. The van der Waals surface area contributed by atoms with Crippen molar-refractivity contribution in [2.24, 2.45) is 11.8 Å². The zero-order chi connectivity index (χ0) is 26.0. The zero-order valence-corrected chi connectivity index (χ0v) is 21.8. The number of rotatable bonds is 11. The summed E-state index contributed by atoms with van der Waals surface area (Å²) in [7, 11) is 0. The molecule has 0 radical (unpaired) electrons. The van der Waals surface area contributed by atoms with E-state index in [1.54, 1.807) is 17.8 Å². The van der Waals surface area contributed by atoms with Crippen molar-refractivity contribution in [3.8, 4) is 11.6 Å². The molecule has 0 amide bonds. The molecule has 3 aromatic rings. The van der Waals surface area contributed by atoms with Crippen LogP contribution >= 0.6 is 11.8 Å². The van der Waals surface area contributed by atoms with Gasteiger partial charge in [-0.05, 0) is 74.1 Å². The van der Waals surface area contributed by atoms with Gasteiger partial charge in [0.25, 0.3) is 0 Å². The number of aromatic nitrogens is 1. The number of Topliss-reactive ketones (excluding diaryl/α,β-unsaturated/α-hetero) is 1. The maximum atomic E-state index is 13.9. The second-order valence-corrected chi connectivity index (χ2v) is 10.3. The van der Waals surface area contributed by atoms with Crippen molar-refractivity contribution in [1.29, 1.82) is 0 Å². The second-order valence-electron chi connectivity index (χ2n) is 9.41. The number of carbonyl (C=O) groups is 2. The molecule has 1 heterocycles. The van der Waals surface area contributed by atoms with E-state index in [0.29, 0.717) is 31.1 Å². The van der Waals surface area contributed by atoms with Crippen LogP contribution < -0.4 is 4.74 Å². The van der Waals surface area contributed by atoms with Crippen molar-refractivity contribution in [3.63, 3.8) is 0 Å². The Bertz CT molecular complexity index is 1200. The van der Waals surface area contributed by atoms with Gasteiger partial charge in [-0.3, -0.25) is 9.59 Å². The van der Waals surface area contributed by atoms with Gasteiger partial charge in [0.15, 0.2) is 5.78 Å². The number of halogens is 1. The van der Waals surface area contributed by atoms with Crippen LogP contribution in [-0.4, -0.2) is 23.0 Å². The SMILES string of the molecule is CSc1cccc(Oc2ncc(F)cc2C(=O)CCCC2CCC(C(=O)OCc3ccccc3)CC2)c1. The number of pyridine rings is 1. The third-order valence-electron chi connectivity index (χ3n) is 6.79. The molecule has 1 aliphatic carbocycles. The van der Waals surface area contributed by atoms with Gasteiger partial charge in [0.1, 0.15) is 18.2 Å². The van der Waals surface area contributed by atoms with Gasteiger partial charge in [0.2, 0.25) is 5.88 Å². The number of esters is 1. The van der Waals surface area contributed by atoms with E-state index in [1.807, 2.05) is 54.8 Å². The highest BCUT2D eigenvalue weighted by atomic mass is 32.2. The number of benzene rings is 2. The van der Waals surface area contributed by atoms with Gasteiger partial charge in [-0.25, -0.2) is 9.37 Å². The van der Waals surface area contributed by atoms with Gasteiger partial charge in [-0.2, -0.15) is 0 Å². The average Bonchev–Trinajstić information content (AvgIpc) is 2.93. The fourth-order valence-corrected chi connectivity index (χ4v) is 5.15. The first-order chi connectivity index (χ1) is 18.0. The molecule has 7 heteroatoms. The molecule has 1 aromatic heterocycles. The minimum Gasteiger partial charge on any atom is -0.461 e. The third-order valence-corrected chi connectivity index (χ3v) is 7.52. The number of ether oxygens (including phenoxy) is 2. The predicted octanol–water partition coefficient (Wildman–Crippen LogP) is 7.64. The Morgan fingerprint density at radius 2 is 1.81 bits per heavy atom. The van der Waals surface area contributed by atoms with Crippen LogP contribution in [0.3, 0.4) is 0 Å². The standard InChI is InChI=1S/C30H32FNO4S/c1-37-26-11-6-10-25(18-26)36-29-27(17-24(31)19-32-29)28(33)12-5-9-21-13-15-23(16-14-21)30(34)35-20-22-7-3-2-4-8-22/h2-4,6-8,10-11,17-19,21,23H,5,9,12-16,20H2,1H3. The molecule has 0 spiro atoms. The molecule has 0 saturated heterocycles. The molecule has 0 atom stereocenters. The molecule has 37 heavy (non-hydrogen) atoms. The van der Waals surface area contributed by atoms with Crippen LogP contribution in [0.5, 0.6) is 11.6 Å². The van der Waals surface area contributed by atoms with Gasteiger partial charge in [-0.1, -0.05) is 42.8 Å². The van der Waals surface area contributed by atoms with E-state index >= 15 is 0 Å². The van der Waals surface area contributed by atoms with Crippen molar-refractivity contribution >= 4 is 23.5 Å². The van der Waals surface area contributed by atoms with E-state index < -0.39 is 5.82 Å². The van der Waals surface area contributed by atoms with Crippen LogP contribution in [0, 0.1) is 17.7 Å². The van der Waals surface area contributed by atoms with Gasteiger partial charge in [-0.15, -0.1) is 11.8 Å². The fourth-order valence-electron chi connectivity index (χ4n) is 4.70. The minimum absolute atomic E-state index is 0.0516. The zero-order valence-electron chi connectivity index (χ0n) is 21.0. The summed E-state index contributed by atoms with van der Waals surface area (Å²) in [5.74, 6) is 0.239. The summed E-state index contributed by atoms with van der Waals surface area (Å²) in [5.41, 5.74) is 1.16. The molecule has 1 saturated carbocycles. The second kappa shape index (κ2) is 13.4. The molecule has 0 bridgehead atoms. The molecule has 0 aliphatic heterocycles. The van der Waals surface area contributed by atoms with Crippen LogP contribution in [0.2, 0.25) is 0 Å². The van der Waals surface area contributed by atoms with E-state index in [-0.39, 0.29) is 29.1 Å². The van der Waals surface area contributed by atoms with Crippen LogP contribution in [0.25, 0.3) is 0 Å². The van der Waals surface area contributed by atoms with Gasteiger partial charge >= 0.3 is 5.97 Å². The Morgan fingerprint density at radius 3 is 2.57 bits per heavy atom. The number of thioether (sulfide) groups is 1. The summed E-state index contributed by atoms with van der Waals surface area (Å²) in [4.78, 5) is 30.5. The molecule has 1 fully saturated rings. The molecule has 4 rings (SSSR count). The predicted molar refractivity (Wildman–Crippen MR) is 142 cm³/mol. The largest absolute Gasteiger partial charge is 0.461 e.